The maximum absolute atomic E-state index is 12.3. The number of carbonyl (C=O) groups is 12. The fourth-order valence-electron chi connectivity index (χ4n) is 5.30. The fraction of sp³-hybridized carbons (Fsp3) is 0.667. The summed E-state index contributed by atoms with van der Waals surface area (Å²) in [5.41, 5.74) is 0. The maximum Gasteiger partial charge on any atom is 0.354 e. The summed E-state index contributed by atoms with van der Waals surface area (Å²) < 4.78 is 32.1. The highest BCUT2D eigenvalue weighted by Gasteiger charge is 2.36. The molecule has 0 aromatic rings. The molecule has 6 N–H and O–H groups in total. The summed E-state index contributed by atoms with van der Waals surface area (Å²) in [4.78, 5) is 153. The van der Waals surface area contributed by atoms with Gasteiger partial charge in [-0.05, 0) is 27.7 Å². The van der Waals surface area contributed by atoms with Crippen molar-refractivity contribution in [3.8, 4) is 11.8 Å². The van der Waals surface area contributed by atoms with Crippen molar-refractivity contribution in [3.05, 3.63) is 0 Å². The molecule has 28 heteroatoms. The van der Waals surface area contributed by atoms with Gasteiger partial charge >= 0.3 is 11.9 Å². The second-order valence-corrected chi connectivity index (χ2v) is 15.0. The normalized spacial score (nSPS) is 14.9. The molecule has 0 radical (unpaired) electrons. The van der Waals surface area contributed by atoms with Crippen molar-refractivity contribution in [1.82, 2.24) is 42.0 Å². The van der Waals surface area contributed by atoms with Gasteiger partial charge in [-0.3, -0.25) is 47.9 Å². The van der Waals surface area contributed by atoms with E-state index >= 15 is 0 Å². The minimum Gasteiger partial charge on any atom is -0.379 e. The van der Waals surface area contributed by atoms with E-state index in [9.17, 15) is 57.5 Å². The van der Waals surface area contributed by atoms with Crippen molar-refractivity contribution in [2.45, 2.75) is 90.4 Å². The van der Waals surface area contributed by atoms with Crippen LogP contribution in [0.15, 0.2) is 0 Å². The van der Waals surface area contributed by atoms with Crippen LogP contribution in [0.4, 0.5) is 0 Å². The molecule has 70 heavy (non-hydrogen) atoms. The Morgan fingerprint density at radius 1 is 0.429 bits per heavy atom. The van der Waals surface area contributed by atoms with Gasteiger partial charge in [-0.25, -0.2) is 9.59 Å². The highest BCUT2D eigenvalue weighted by molar-refractivity contribution is 6.03. The van der Waals surface area contributed by atoms with Crippen LogP contribution in [0, 0.1) is 11.8 Å². The summed E-state index contributed by atoms with van der Waals surface area (Å²) in [6, 6.07) is -4.40. The fourth-order valence-corrected chi connectivity index (χ4v) is 5.30. The Hall–Kier alpha value is -6.64. The van der Waals surface area contributed by atoms with Crippen LogP contribution in [-0.2, 0) is 95.6 Å². The van der Waals surface area contributed by atoms with Crippen molar-refractivity contribution < 1.29 is 95.6 Å². The van der Waals surface area contributed by atoms with E-state index in [2.05, 4.69) is 43.7 Å². The van der Waals surface area contributed by atoms with Gasteiger partial charge in [-0.2, -0.15) is 0 Å². The molecule has 390 valence electrons. The van der Waals surface area contributed by atoms with Gasteiger partial charge in [0.1, 0.15) is 24.2 Å². The molecule has 0 aromatic heterocycles. The molecular weight excluding hydrogens is 936 g/mol. The molecule has 2 aliphatic heterocycles. The molecule has 0 spiro atoms. The van der Waals surface area contributed by atoms with Gasteiger partial charge < -0.3 is 70.0 Å². The van der Waals surface area contributed by atoms with Gasteiger partial charge in [0.2, 0.25) is 23.6 Å². The zero-order valence-electron chi connectivity index (χ0n) is 39.5. The molecule has 0 saturated carbocycles. The average Bonchev–Trinajstić information content (AvgIpc) is 3.81. The Labute approximate surface area is 402 Å². The van der Waals surface area contributed by atoms with E-state index in [1.165, 1.54) is 27.7 Å². The number of carbonyl (C=O) groups excluding carboxylic acids is 12. The number of nitrogens with zero attached hydrogens (tertiary/aromatic N) is 2. The first kappa shape index (κ1) is 59.5. The quantitative estimate of drug-likeness (QED) is 0.0200. The van der Waals surface area contributed by atoms with E-state index in [0.717, 1.165) is 0 Å². The van der Waals surface area contributed by atoms with Crippen LogP contribution in [0.2, 0.25) is 0 Å². The third-order valence-corrected chi connectivity index (χ3v) is 9.13. The van der Waals surface area contributed by atoms with Crippen molar-refractivity contribution in [2.75, 3.05) is 92.4 Å². The van der Waals surface area contributed by atoms with Crippen LogP contribution in [0.3, 0.4) is 0 Å². The number of rotatable bonds is 34. The first-order chi connectivity index (χ1) is 33.4. The highest BCUT2D eigenvalue weighted by Crippen LogP contribution is 2.14. The molecule has 2 saturated heterocycles. The molecule has 28 nitrogen and oxygen atoms in total. The summed E-state index contributed by atoms with van der Waals surface area (Å²) in [6.45, 7) is 7.78. The number of hydroxylamine groups is 4. The number of amides is 10. The van der Waals surface area contributed by atoms with Gasteiger partial charge in [0, 0.05) is 63.5 Å². The maximum atomic E-state index is 12.3. The summed E-state index contributed by atoms with van der Waals surface area (Å²) in [6.07, 6.45) is -0.390. The van der Waals surface area contributed by atoms with E-state index in [0.29, 0.717) is 10.1 Å². The average molecular weight is 999 g/mol. The number of ether oxygens (including phenoxy) is 6. The van der Waals surface area contributed by atoms with E-state index < -0.39 is 95.2 Å². The number of imide groups is 2. The second-order valence-electron chi connectivity index (χ2n) is 15.0. The summed E-state index contributed by atoms with van der Waals surface area (Å²) in [7, 11) is 0. The zero-order chi connectivity index (χ0) is 51.8. The number of nitrogens with one attached hydrogen (secondary N) is 6. The highest BCUT2D eigenvalue weighted by atomic mass is 16.7. The largest absolute Gasteiger partial charge is 0.379 e. The standard InChI is InChI=1S/C42H62N8O20/c1-27(39(59)47-29(3)41(61)69-49-35(55)7-8-36(49)56)45-33(53)11-15-63-19-23-67-25-21-65-17-13-43-31(51)5-6-32(52)44-14-18-66-22-26-68-24-20-64-16-12-34(54)46-28(2)40(60)48-30(4)42(62)70-50-37(57)9-10-38(50)58/h27-30H,7-26H2,1-4H3,(H,43,51)(H,44,52)(H,45,53)(H,46,54)(H,47,59)(H,48,60). The Morgan fingerprint density at radius 3 is 1.03 bits per heavy atom. The summed E-state index contributed by atoms with van der Waals surface area (Å²) in [5.74, 6) is -4.00. The summed E-state index contributed by atoms with van der Waals surface area (Å²) in [5, 5.41) is 15.3. The lowest BCUT2D eigenvalue weighted by molar-refractivity contribution is -0.198. The Kier molecular flexibility index (Phi) is 28.7. The first-order valence-electron chi connectivity index (χ1n) is 22.3. The van der Waals surface area contributed by atoms with E-state index in [1.54, 1.807) is 0 Å². The van der Waals surface area contributed by atoms with Gasteiger partial charge in [-0.15, -0.1) is 10.1 Å². The van der Waals surface area contributed by atoms with E-state index in [1.807, 2.05) is 0 Å². The van der Waals surface area contributed by atoms with Crippen LogP contribution < -0.4 is 31.9 Å². The molecule has 2 heterocycles. The SMILES string of the molecule is CC(NC(=O)CCOCCOCCOCCNC(=O)C#CC(=O)NCCOCCOCCOCCC(=O)NC(C)C(=O)NC(C)C(=O)ON1C(=O)CCC1=O)C(=O)NC(C)C(=O)ON1C(=O)CCC1=O. The predicted molar refractivity (Wildman–Crippen MR) is 233 cm³/mol. The lowest BCUT2D eigenvalue weighted by Crippen LogP contribution is -2.50. The molecule has 4 atom stereocenters. The van der Waals surface area contributed by atoms with Crippen LogP contribution in [0.5, 0.6) is 0 Å². The predicted octanol–water partition coefficient (Wildman–Crippen LogP) is -4.66. The molecule has 2 aliphatic rings. The van der Waals surface area contributed by atoms with Gasteiger partial charge in [0.05, 0.1) is 79.3 Å². The molecular formula is C42H62N8O20. The Bertz CT molecular complexity index is 1740. The molecule has 10 amide bonds. The van der Waals surface area contributed by atoms with Crippen LogP contribution in [-0.4, -0.2) is 198 Å². The second kappa shape index (κ2) is 33.8. The van der Waals surface area contributed by atoms with E-state index in [-0.39, 0.29) is 131 Å². The minimum atomic E-state index is -1.19. The third kappa shape index (κ3) is 25.1. The van der Waals surface area contributed by atoms with Crippen molar-refractivity contribution in [3.63, 3.8) is 0 Å². The molecule has 4 unspecified atom stereocenters. The molecule has 0 aliphatic carbocycles. The Balaban J connectivity index is 1.35. The Morgan fingerprint density at radius 2 is 0.714 bits per heavy atom. The van der Waals surface area contributed by atoms with E-state index in [4.69, 9.17) is 38.1 Å². The van der Waals surface area contributed by atoms with Crippen molar-refractivity contribution in [2.24, 2.45) is 0 Å². The third-order valence-electron chi connectivity index (χ3n) is 9.13. The molecule has 0 bridgehead atoms. The monoisotopic (exact) mass is 998 g/mol. The van der Waals surface area contributed by atoms with Crippen molar-refractivity contribution in [1.29, 1.82) is 0 Å². The van der Waals surface area contributed by atoms with Gasteiger partial charge in [0.15, 0.2) is 0 Å². The lowest BCUT2D eigenvalue weighted by atomic mass is 10.2. The van der Waals surface area contributed by atoms with Crippen molar-refractivity contribution >= 4 is 71.0 Å². The molecule has 0 aromatic carbocycles. The molecule has 2 fully saturated rings. The topological polar surface area (TPSA) is 357 Å². The van der Waals surface area contributed by atoms with Gasteiger partial charge in [0.25, 0.3) is 35.4 Å². The summed E-state index contributed by atoms with van der Waals surface area (Å²) >= 11 is 0. The van der Waals surface area contributed by atoms with Crippen LogP contribution in [0.1, 0.15) is 66.2 Å². The lowest BCUT2D eigenvalue weighted by Gasteiger charge is -2.19. The van der Waals surface area contributed by atoms with Crippen LogP contribution >= 0.6 is 0 Å². The van der Waals surface area contributed by atoms with Crippen LogP contribution in [0.25, 0.3) is 0 Å². The number of hydrogen-bond acceptors (Lipinski definition) is 20. The number of hydrogen-bond donors (Lipinski definition) is 6. The smallest absolute Gasteiger partial charge is 0.354 e. The zero-order valence-corrected chi connectivity index (χ0v) is 39.5. The van der Waals surface area contributed by atoms with Gasteiger partial charge in [-0.1, -0.05) is 0 Å². The first-order valence-corrected chi connectivity index (χ1v) is 22.3. The molecule has 2 rings (SSSR count). The minimum absolute atomic E-state index is 0.0457.